The van der Waals surface area contributed by atoms with Crippen LogP contribution in [0, 0.1) is 6.92 Å². The minimum atomic E-state index is -0.371. The van der Waals surface area contributed by atoms with Crippen LogP contribution in [0.1, 0.15) is 28.8 Å². The quantitative estimate of drug-likeness (QED) is 0.801. The summed E-state index contributed by atoms with van der Waals surface area (Å²) in [7, 11) is 0. The fourth-order valence-electron chi connectivity index (χ4n) is 2.37. The predicted octanol–water partition coefficient (Wildman–Crippen LogP) is 1.02. The van der Waals surface area contributed by atoms with Crippen molar-refractivity contribution in [3.8, 4) is 0 Å². The molecule has 0 spiro atoms. The molecule has 1 heterocycles. The highest BCUT2D eigenvalue weighted by Crippen LogP contribution is 2.22. The fraction of sp³-hybridized carbons (Fsp3) is 0.462. The van der Waals surface area contributed by atoms with Gasteiger partial charge in [-0.25, -0.2) is 0 Å². The van der Waals surface area contributed by atoms with Gasteiger partial charge in [-0.3, -0.25) is 4.79 Å². The van der Waals surface area contributed by atoms with Crippen molar-refractivity contribution in [3.05, 3.63) is 29.3 Å². The van der Waals surface area contributed by atoms with Gasteiger partial charge in [0.25, 0.3) is 0 Å². The Kier molecular flexibility index (Phi) is 3.33. The smallest absolute Gasteiger partial charge is 0.248 e. The molecule has 1 aromatic carbocycles. The number of aryl methyl sites for hydroxylation is 1. The van der Waals surface area contributed by atoms with E-state index in [1.165, 1.54) is 0 Å². The third-order valence-electron chi connectivity index (χ3n) is 3.30. The SMILES string of the molecule is Cc1cc(N2CCC[C@@H](N)C2)ccc1C(N)=O. The van der Waals surface area contributed by atoms with Gasteiger partial charge in [0.15, 0.2) is 0 Å². The molecular formula is C13H19N3O. The van der Waals surface area contributed by atoms with Crippen LogP contribution in [0.3, 0.4) is 0 Å². The lowest BCUT2D eigenvalue weighted by Gasteiger charge is -2.33. The van der Waals surface area contributed by atoms with E-state index in [0.717, 1.165) is 37.2 Å². The second kappa shape index (κ2) is 4.75. The number of piperidine rings is 1. The van der Waals surface area contributed by atoms with Crippen molar-refractivity contribution < 1.29 is 4.79 Å². The maximum atomic E-state index is 11.2. The number of rotatable bonds is 2. The minimum absolute atomic E-state index is 0.250. The van der Waals surface area contributed by atoms with E-state index in [0.29, 0.717) is 5.56 Å². The van der Waals surface area contributed by atoms with Crippen LogP contribution in [0.5, 0.6) is 0 Å². The average Bonchev–Trinajstić information content (AvgIpc) is 2.28. The number of benzene rings is 1. The Morgan fingerprint density at radius 2 is 2.24 bits per heavy atom. The van der Waals surface area contributed by atoms with Crippen LogP contribution in [0.15, 0.2) is 18.2 Å². The number of hydrogen-bond acceptors (Lipinski definition) is 3. The Hall–Kier alpha value is -1.55. The summed E-state index contributed by atoms with van der Waals surface area (Å²) in [4.78, 5) is 13.4. The van der Waals surface area contributed by atoms with Gasteiger partial charge in [0.1, 0.15) is 0 Å². The number of amides is 1. The van der Waals surface area contributed by atoms with Crippen LogP contribution in [-0.4, -0.2) is 25.0 Å². The van der Waals surface area contributed by atoms with Crippen LogP contribution in [0.25, 0.3) is 0 Å². The molecule has 0 aromatic heterocycles. The van der Waals surface area contributed by atoms with Crippen molar-refractivity contribution in [2.24, 2.45) is 11.5 Å². The first-order valence-electron chi connectivity index (χ1n) is 5.99. The lowest BCUT2D eigenvalue weighted by atomic mass is 10.0. The summed E-state index contributed by atoms with van der Waals surface area (Å²) in [5.74, 6) is -0.371. The van der Waals surface area contributed by atoms with Crippen LogP contribution >= 0.6 is 0 Å². The molecule has 2 rings (SSSR count). The van der Waals surface area contributed by atoms with Crippen LogP contribution in [0.4, 0.5) is 5.69 Å². The van der Waals surface area contributed by atoms with Crippen molar-refractivity contribution in [1.82, 2.24) is 0 Å². The van der Waals surface area contributed by atoms with Gasteiger partial charge in [-0.1, -0.05) is 0 Å². The van der Waals surface area contributed by atoms with Crippen molar-refractivity contribution in [2.75, 3.05) is 18.0 Å². The first-order valence-corrected chi connectivity index (χ1v) is 5.99. The number of carbonyl (C=O) groups excluding carboxylic acids is 1. The average molecular weight is 233 g/mol. The maximum Gasteiger partial charge on any atom is 0.248 e. The molecule has 1 aliphatic heterocycles. The molecule has 92 valence electrons. The summed E-state index contributed by atoms with van der Waals surface area (Å²) in [6, 6.07) is 6.01. The minimum Gasteiger partial charge on any atom is -0.370 e. The zero-order valence-electron chi connectivity index (χ0n) is 10.1. The Morgan fingerprint density at radius 1 is 1.47 bits per heavy atom. The second-order valence-electron chi connectivity index (χ2n) is 4.71. The number of carbonyl (C=O) groups is 1. The highest BCUT2D eigenvalue weighted by molar-refractivity contribution is 5.94. The molecule has 0 aliphatic carbocycles. The molecule has 4 nitrogen and oxygen atoms in total. The summed E-state index contributed by atoms with van der Waals surface area (Å²) < 4.78 is 0. The fourth-order valence-corrected chi connectivity index (χ4v) is 2.37. The first kappa shape index (κ1) is 11.9. The van der Waals surface area contributed by atoms with E-state index in [2.05, 4.69) is 4.90 Å². The third kappa shape index (κ3) is 2.58. The van der Waals surface area contributed by atoms with Crippen molar-refractivity contribution in [2.45, 2.75) is 25.8 Å². The van der Waals surface area contributed by atoms with Gasteiger partial charge < -0.3 is 16.4 Å². The van der Waals surface area contributed by atoms with E-state index >= 15 is 0 Å². The Balaban J connectivity index is 2.22. The van der Waals surface area contributed by atoms with Crippen molar-refractivity contribution >= 4 is 11.6 Å². The number of nitrogens with zero attached hydrogens (tertiary/aromatic N) is 1. The second-order valence-corrected chi connectivity index (χ2v) is 4.71. The maximum absolute atomic E-state index is 11.2. The van der Waals surface area contributed by atoms with Crippen LogP contribution in [0.2, 0.25) is 0 Å². The number of anilines is 1. The molecule has 1 aromatic rings. The van der Waals surface area contributed by atoms with Gasteiger partial charge >= 0.3 is 0 Å². The number of primary amides is 1. The van der Waals surface area contributed by atoms with Gasteiger partial charge in [0.2, 0.25) is 5.91 Å². The van der Waals surface area contributed by atoms with Crippen LogP contribution < -0.4 is 16.4 Å². The topological polar surface area (TPSA) is 72.3 Å². The van der Waals surface area contributed by atoms with Gasteiger partial charge in [0.05, 0.1) is 0 Å². The Labute approximate surface area is 102 Å². The standard InChI is InChI=1S/C13H19N3O/c1-9-7-11(4-5-12(9)13(15)17)16-6-2-3-10(14)8-16/h4-5,7,10H,2-3,6,8,14H2,1H3,(H2,15,17)/t10-/m1/s1. The molecule has 1 aliphatic rings. The van der Waals surface area contributed by atoms with Gasteiger partial charge in [-0.2, -0.15) is 0 Å². The Bertz CT molecular complexity index is 431. The highest BCUT2D eigenvalue weighted by atomic mass is 16.1. The molecule has 4 N–H and O–H groups in total. The molecule has 1 saturated heterocycles. The lowest BCUT2D eigenvalue weighted by molar-refractivity contribution is 0.1000. The van der Waals surface area contributed by atoms with Gasteiger partial charge in [-0.15, -0.1) is 0 Å². The lowest BCUT2D eigenvalue weighted by Crippen LogP contribution is -2.42. The molecule has 17 heavy (non-hydrogen) atoms. The zero-order chi connectivity index (χ0) is 12.4. The number of hydrogen-bond donors (Lipinski definition) is 2. The van der Waals surface area contributed by atoms with E-state index in [1.54, 1.807) is 6.07 Å². The third-order valence-corrected chi connectivity index (χ3v) is 3.30. The van der Waals surface area contributed by atoms with Crippen molar-refractivity contribution in [1.29, 1.82) is 0 Å². The molecular weight excluding hydrogens is 214 g/mol. The van der Waals surface area contributed by atoms with E-state index in [1.807, 2.05) is 19.1 Å². The van der Waals surface area contributed by atoms with E-state index in [-0.39, 0.29) is 11.9 Å². The predicted molar refractivity (Wildman–Crippen MR) is 69.1 cm³/mol. The molecule has 0 bridgehead atoms. The highest BCUT2D eigenvalue weighted by Gasteiger charge is 2.17. The number of nitrogens with two attached hydrogens (primary N) is 2. The molecule has 1 fully saturated rings. The van der Waals surface area contributed by atoms with Gasteiger partial charge in [-0.05, 0) is 43.5 Å². The molecule has 1 atom stereocenters. The normalized spacial score (nSPS) is 20.4. The summed E-state index contributed by atoms with van der Waals surface area (Å²) in [6.07, 6.45) is 2.21. The monoisotopic (exact) mass is 233 g/mol. The molecule has 0 unspecified atom stereocenters. The summed E-state index contributed by atoms with van der Waals surface area (Å²) in [5.41, 5.74) is 13.9. The summed E-state index contributed by atoms with van der Waals surface area (Å²) in [5, 5.41) is 0. The molecule has 1 amide bonds. The largest absolute Gasteiger partial charge is 0.370 e. The Morgan fingerprint density at radius 3 is 2.82 bits per heavy atom. The molecule has 0 saturated carbocycles. The van der Waals surface area contributed by atoms with Crippen molar-refractivity contribution in [3.63, 3.8) is 0 Å². The van der Waals surface area contributed by atoms with E-state index in [9.17, 15) is 4.79 Å². The molecule has 0 radical (unpaired) electrons. The van der Waals surface area contributed by atoms with E-state index in [4.69, 9.17) is 11.5 Å². The molecule has 4 heteroatoms. The van der Waals surface area contributed by atoms with Crippen LogP contribution in [-0.2, 0) is 0 Å². The summed E-state index contributed by atoms with van der Waals surface area (Å²) in [6.45, 7) is 3.83. The summed E-state index contributed by atoms with van der Waals surface area (Å²) >= 11 is 0. The first-order chi connectivity index (χ1) is 8.08. The van der Waals surface area contributed by atoms with E-state index < -0.39 is 0 Å². The zero-order valence-corrected chi connectivity index (χ0v) is 10.1. The van der Waals surface area contributed by atoms with Gasteiger partial charge in [0, 0.05) is 30.4 Å².